The van der Waals surface area contributed by atoms with Gasteiger partial charge in [0.05, 0.1) is 26.9 Å². The summed E-state index contributed by atoms with van der Waals surface area (Å²) in [5, 5.41) is 8.64. The van der Waals surface area contributed by atoms with E-state index in [9.17, 15) is 9.59 Å². The molecule has 0 aliphatic carbocycles. The quantitative estimate of drug-likeness (QED) is 0.785. The zero-order valence-corrected chi connectivity index (χ0v) is 13.2. The van der Waals surface area contributed by atoms with Crippen LogP contribution in [0.1, 0.15) is 23.2 Å². The molecule has 1 amide bonds. The molecule has 0 spiro atoms. The first kappa shape index (κ1) is 17.6. The molecule has 1 aromatic rings. The molecule has 0 saturated carbocycles. The summed E-state index contributed by atoms with van der Waals surface area (Å²) in [5.41, 5.74) is 0.331. The number of aliphatic carboxylic acids is 1. The SMILES string of the molecule is COc1ccc(C(=O)N(C)CCCC(=O)O)c(OC)c1OC. The molecule has 1 rings (SSSR count). The number of nitrogens with zero attached hydrogens (tertiary/aromatic N) is 1. The third-order valence-electron chi connectivity index (χ3n) is 3.17. The molecule has 1 N–H and O–H groups in total. The Labute approximate surface area is 129 Å². The third kappa shape index (κ3) is 4.03. The Morgan fingerprint density at radius 1 is 1.09 bits per heavy atom. The largest absolute Gasteiger partial charge is 0.493 e. The van der Waals surface area contributed by atoms with Gasteiger partial charge in [0.15, 0.2) is 11.5 Å². The van der Waals surface area contributed by atoms with Gasteiger partial charge >= 0.3 is 5.97 Å². The van der Waals surface area contributed by atoms with Crippen molar-refractivity contribution in [3.8, 4) is 17.2 Å². The van der Waals surface area contributed by atoms with Gasteiger partial charge in [-0.05, 0) is 18.6 Å². The minimum atomic E-state index is -0.885. The van der Waals surface area contributed by atoms with Crippen molar-refractivity contribution in [2.24, 2.45) is 0 Å². The zero-order valence-electron chi connectivity index (χ0n) is 13.2. The lowest BCUT2D eigenvalue weighted by Gasteiger charge is -2.20. The van der Waals surface area contributed by atoms with Crippen LogP contribution in [0.3, 0.4) is 0 Å². The lowest BCUT2D eigenvalue weighted by molar-refractivity contribution is -0.137. The van der Waals surface area contributed by atoms with Crippen LogP contribution in [0.25, 0.3) is 0 Å². The van der Waals surface area contributed by atoms with Gasteiger partial charge in [-0.25, -0.2) is 0 Å². The van der Waals surface area contributed by atoms with E-state index in [1.54, 1.807) is 19.2 Å². The Kier molecular flexibility index (Phi) is 6.49. The number of hydrogen-bond donors (Lipinski definition) is 1. The molecule has 0 aliphatic heterocycles. The summed E-state index contributed by atoms with van der Waals surface area (Å²) in [7, 11) is 6.01. The molecule has 1 aromatic carbocycles. The highest BCUT2D eigenvalue weighted by Gasteiger charge is 2.22. The number of rotatable bonds is 8. The van der Waals surface area contributed by atoms with E-state index in [4.69, 9.17) is 19.3 Å². The Balaban J connectivity index is 2.99. The van der Waals surface area contributed by atoms with Crippen LogP contribution in [-0.4, -0.2) is 56.8 Å². The highest BCUT2D eigenvalue weighted by Crippen LogP contribution is 2.40. The second-order valence-corrected chi connectivity index (χ2v) is 4.61. The van der Waals surface area contributed by atoms with E-state index in [1.165, 1.54) is 26.2 Å². The monoisotopic (exact) mass is 311 g/mol. The number of ether oxygens (including phenoxy) is 3. The van der Waals surface area contributed by atoms with E-state index in [-0.39, 0.29) is 18.1 Å². The maximum atomic E-state index is 12.5. The Hall–Kier alpha value is -2.44. The summed E-state index contributed by atoms with van der Waals surface area (Å²) >= 11 is 0. The van der Waals surface area contributed by atoms with Crippen LogP contribution in [0.5, 0.6) is 17.2 Å². The normalized spacial score (nSPS) is 10.0. The van der Waals surface area contributed by atoms with Crippen LogP contribution in [0.2, 0.25) is 0 Å². The minimum Gasteiger partial charge on any atom is -0.493 e. The fourth-order valence-corrected chi connectivity index (χ4v) is 2.04. The topological polar surface area (TPSA) is 85.3 Å². The molecular weight excluding hydrogens is 290 g/mol. The second-order valence-electron chi connectivity index (χ2n) is 4.61. The van der Waals surface area contributed by atoms with Crippen molar-refractivity contribution in [1.82, 2.24) is 4.90 Å². The standard InChI is InChI=1S/C15H21NO6/c1-16(9-5-6-12(17)18)15(19)10-7-8-11(20-2)14(22-4)13(10)21-3/h7-8H,5-6,9H2,1-4H3,(H,17,18). The number of hydrogen-bond acceptors (Lipinski definition) is 5. The van der Waals surface area contributed by atoms with Gasteiger partial charge in [-0.15, -0.1) is 0 Å². The Morgan fingerprint density at radius 2 is 1.73 bits per heavy atom. The van der Waals surface area contributed by atoms with Crippen molar-refractivity contribution in [2.45, 2.75) is 12.8 Å². The van der Waals surface area contributed by atoms with Gasteiger partial charge < -0.3 is 24.2 Å². The zero-order chi connectivity index (χ0) is 16.7. The molecule has 7 nitrogen and oxygen atoms in total. The third-order valence-corrected chi connectivity index (χ3v) is 3.17. The molecule has 0 atom stereocenters. The number of methoxy groups -OCH3 is 3. The van der Waals surface area contributed by atoms with Crippen molar-refractivity contribution in [1.29, 1.82) is 0 Å². The lowest BCUT2D eigenvalue weighted by atomic mass is 10.1. The molecule has 0 radical (unpaired) electrons. The molecule has 122 valence electrons. The number of carboxylic acid groups (broad SMARTS) is 1. The van der Waals surface area contributed by atoms with Crippen molar-refractivity contribution in [3.63, 3.8) is 0 Å². The fraction of sp³-hybridized carbons (Fsp3) is 0.467. The molecule has 0 aliphatic rings. The number of carbonyl (C=O) groups excluding carboxylic acids is 1. The van der Waals surface area contributed by atoms with Crippen LogP contribution in [0.4, 0.5) is 0 Å². The first-order valence-electron chi connectivity index (χ1n) is 6.72. The van der Waals surface area contributed by atoms with Crippen molar-refractivity contribution in [3.05, 3.63) is 17.7 Å². The smallest absolute Gasteiger partial charge is 0.303 e. The van der Waals surface area contributed by atoms with Gasteiger partial charge in [-0.1, -0.05) is 0 Å². The molecule has 0 bridgehead atoms. The van der Waals surface area contributed by atoms with Gasteiger partial charge in [-0.2, -0.15) is 0 Å². The first-order valence-corrected chi connectivity index (χ1v) is 6.72. The Bertz CT molecular complexity index is 543. The second kappa shape index (κ2) is 8.11. The molecule has 0 unspecified atom stereocenters. The van der Waals surface area contributed by atoms with Crippen molar-refractivity contribution >= 4 is 11.9 Å². The first-order chi connectivity index (χ1) is 10.5. The van der Waals surface area contributed by atoms with Gasteiger partial charge in [0.2, 0.25) is 5.75 Å². The predicted molar refractivity (Wildman–Crippen MR) is 79.9 cm³/mol. The summed E-state index contributed by atoms with van der Waals surface area (Å²) in [6, 6.07) is 3.22. The van der Waals surface area contributed by atoms with Crippen LogP contribution in [0, 0.1) is 0 Å². The molecule has 0 heterocycles. The summed E-state index contributed by atoms with van der Waals surface area (Å²) in [5.74, 6) is -0.0658. The highest BCUT2D eigenvalue weighted by atomic mass is 16.5. The van der Waals surface area contributed by atoms with Gasteiger partial charge in [0.25, 0.3) is 5.91 Å². The molecule has 0 saturated heterocycles. The van der Waals surface area contributed by atoms with Gasteiger partial charge in [0.1, 0.15) is 0 Å². The molecular formula is C15H21NO6. The van der Waals surface area contributed by atoms with E-state index in [2.05, 4.69) is 0 Å². The van der Waals surface area contributed by atoms with Crippen LogP contribution >= 0.6 is 0 Å². The van der Waals surface area contributed by atoms with E-state index in [0.717, 1.165) is 0 Å². The van der Waals surface area contributed by atoms with Crippen molar-refractivity contribution < 1.29 is 28.9 Å². The molecule has 7 heteroatoms. The van der Waals surface area contributed by atoms with E-state index < -0.39 is 5.97 Å². The average molecular weight is 311 g/mol. The van der Waals surface area contributed by atoms with Crippen LogP contribution in [-0.2, 0) is 4.79 Å². The number of carbonyl (C=O) groups is 2. The van der Waals surface area contributed by atoms with E-state index >= 15 is 0 Å². The summed E-state index contributed by atoms with van der Waals surface area (Å²) in [6.07, 6.45) is 0.397. The molecule has 22 heavy (non-hydrogen) atoms. The Morgan fingerprint density at radius 3 is 2.23 bits per heavy atom. The number of amides is 1. The highest BCUT2D eigenvalue weighted by molar-refractivity contribution is 5.98. The average Bonchev–Trinajstić information content (AvgIpc) is 2.51. The maximum absolute atomic E-state index is 12.5. The molecule has 0 fully saturated rings. The van der Waals surface area contributed by atoms with Crippen LogP contribution < -0.4 is 14.2 Å². The predicted octanol–water partition coefficient (Wildman–Crippen LogP) is 1.65. The van der Waals surface area contributed by atoms with Crippen molar-refractivity contribution in [2.75, 3.05) is 34.9 Å². The van der Waals surface area contributed by atoms with Crippen LogP contribution in [0.15, 0.2) is 12.1 Å². The van der Waals surface area contributed by atoms with Gasteiger partial charge in [0, 0.05) is 20.0 Å². The van der Waals surface area contributed by atoms with E-state index in [0.29, 0.717) is 30.0 Å². The minimum absolute atomic E-state index is 0.0146. The lowest BCUT2D eigenvalue weighted by Crippen LogP contribution is -2.28. The summed E-state index contributed by atoms with van der Waals surface area (Å²) in [4.78, 5) is 24.4. The number of benzene rings is 1. The summed E-state index contributed by atoms with van der Waals surface area (Å²) < 4.78 is 15.7. The van der Waals surface area contributed by atoms with Gasteiger partial charge in [-0.3, -0.25) is 9.59 Å². The summed E-state index contributed by atoms with van der Waals surface area (Å²) in [6.45, 7) is 0.336. The fourth-order valence-electron chi connectivity index (χ4n) is 2.04. The maximum Gasteiger partial charge on any atom is 0.303 e. The molecule has 0 aromatic heterocycles. The van der Waals surface area contributed by atoms with E-state index in [1.807, 2.05) is 0 Å². The number of carboxylic acids is 1.